The molecule has 0 unspecified atom stereocenters. The molecule has 0 aliphatic rings. The standard InChI is InChI=1S/C17H26O6S/c1-17(2,3)22-16(18)13-20-10-9-19-11-12-21-14-5-7-15(8-6-14)23-24-4/h5-8H,9-13H2,1-4H3. The van der Waals surface area contributed by atoms with Crippen molar-refractivity contribution in [3.63, 3.8) is 0 Å². The van der Waals surface area contributed by atoms with Gasteiger partial charge in [0.15, 0.2) is 0 Å². The van der Waals surface area contributed by atoms with Crippen molar-refractivity contribution in [1.29, 1.82) is 0 Å². The highest BCUT2D eigenvalue weighted by atomic mass is 32.2. The number of esters is 1. The van der Waals surface area contributed by atoms with Crippen molar-refractivity contribution in [1.82, 2.24) is 0 Å². The fourth-order valence-corrected chi connectivity index (χ4v) is 1.96. The van der Waals surface area contributed by atoms with Crippen LogP contribution in [-0.4, -0.2) is 50.9 Å². The molecule has 24 heavy (non-hydrogen) atoms. The van der Waals surface area contributed by atoms with Crippen LogP contribution in [0.2, 0.25) is 0 Å². The van der Waals surface area contributed by atoms with Crippen LogP contribution in [0.1, 0.15) is 20.8 Å². The maximum absolute atomic E-state index is 11.4. The number of rotatable bonds is 11. The van der Waals surface area contributed by atoms with E-state index in [1.807, 2.05) is 51.3 Å². The summed E-state index contributed by atoms with van der Waals surface area (Å²) in [6.45, 7) is 6.99. The summed E-state index contributed by atoms with van der Waals surface area (Å²) in [6.07, 6.45) is 1.86. The van der Waals surface area contributed by atoms with Crippen LogP contribution >= 0.6 is 12.0 Å². The van der Waals surface area contributed by atoms with Gasteiger partial charge in [0.25, 0.3) is 0 Å². The molecule has 0 aliphatic carbocycles. The van der Waals surface area contributed by atoms with E-state index in [9.17, 15) is 4.79 Å². The van der Waals surface area contributed by atoms with Crippen molar-refractivity contribution in [3.05, 3.63) is 24.3 Å². The van der Waals surface area contributed by atoms with Gasteiger partial charge in [0.05, 0.1) is 31.9 Å². The molecule has 0 heterocycles. The topological polar surface area (TPSA) is 63.2 Å². The Balaban J connectivity index is 1.99. The van der Waals surface area contributed by atoms with Crippen molar-refractivity contribution in [2.75, 3.05) is 39.3 Å². The molecule has 0 aliphatic heterocycles. The van der Waals surface area contributed by atoms with E-state index >= 15 is 0 Å². The van der Waals surface area contributed by atoms with Gasteiger partial charge in [0.1, 0.15) is 30.3 Å². The van der Waals surface area contributed by atoms with E-state index in [1.54, 1.807) is 0 Å². The zero-order valence-electron chi connectivity index (χ0n) is 14.7. The van der Waals surface area contributed by atoms with Gasteiger partial charge >= 0.3 is 5.97 Å². The molecular weight excluding hydrogens is 332 g/mol. The third kappa shape index (κ3) is 10.4. The van der Waals surface area contributed by atoms with Crippen LogP contribution < -0.4 is 8.92 Å². The molecule has 0 saturated heterocycles. The monoisotopic (exact) mass is 358 g/mol. The zero-order chi connectivity index (χ0) is 17.8. The average Bonchev–Trinajstić information content (AvgIpc) is 2.50. The Morgan fingerprint density at radius 1 is 0.958 bits per heavy atom. The van der Waals surface area contributed by atoms with Gasteiger partial charge in [-0.1, -0.05) is 0 Å². The first-order valence-corrected chi connectivity index (χ1v) is 8.86. The van der Waals surface area contributed by atoms with Gasteiger partial charge in [-0.25, -0.2) is 4.79 Å². The van der Waals surface area contributed by atoms with Crippen molar-refractivity contribution in [2.45, 2.75) is 26.4 Å². The molecule has 6 nitrogen and oxygen atoms in total. The number of benzene rings is 1. The zero-order valence-corrected chi connectivity index (χ0v) is 15.5. The van der Waals surface area contributed by atoms with Gasteiger partial charge in [0, 0.05) is 6.26 Å². The first-order valence-electron chi connectivity index (χ1n) is 7.71. The lowest BCUT2D eigenvalue weighted by Crippen LogP contribution is -2.27. The maximum atomic E-state index is 11.4. The molecule has 0 spiro atoms. The number of hydrogen-bond acceptors (Lipinski definition) is 7. The molecule has 0 saturated carbocycles. The highest BCUT2D eigenvalue weighted by molar-refractivity contribution is 7.94. The Morgan fingerprint density at radius 2 is 1.54 bits per heavy atom. The van der Waals surface area contributed by atoms with E-state index in [0.717, 1.165) is 11.5 Å². The van der Waals surface area contributed by atoms with E-state index in [-0.39, 0.29) is 12.6 Å². The molecule has 0 bridgehead atoms. The molecule has 1 aromatic carbocycles. The summed E-state index contributed by atoms with van der Waals surface area (Å²) in [5.74, 6) is 1.17. The highest BCUT2D eigenvalue weighted by Crippen LogP contribution is 2.19. The summed E-state index contributed by atoms with van der Waals surface area (Å²) >= 11 is 1.29. The number of hydrogen-bond donors (Lipinski definition) is 0. The number of carbonyl (C=O) groups is 1. The Kier molecular flexibility index (Phi) is 9.59. The Hall–Kier alpha value is -1.44. The van der Waals surface area contributed by atoms with Crippen LogP contribution in [0.15, 0.2) is 24.3 Å². The molecule has 0 amide bonds. The van der Waals surface area contributed by atoms with Crippen LogP contribution in [0.3, 0.4) is 0 Å². The van der Waals surface area contributed by atoms with Gasteiger partial charge in [-0.05, 0) is 45.0 Å². The largest absolute Gasteiger partial charge is 0.491 e. The number of carbonyl (C=O) groups excluding carboxylic acids is 1. The van der Waals surface area contributed by atoms with E-state index in [4.69, 9.17) is 23.1 Å². The fourth-order valence-electron chi connectivity index (χ4n) is 1.65. The van der Waals surface area contributed by atoms with Crippen molar-refractivity contribution >= 4 is 18.0 Å². The van der Waals surface area contributed by atoms with Crippen LogP contribution in [-0.2, 0) is 19.0 Å². The van der Waals surface area contributed by atoms with Crippen molar-refractivity contribution in [3.8, 4) is 11.5 Å². The second kappa shape index (κ2) is 11.2. The highest BCUT2D eigenvalue weighted by Gasteiger charge is 2.15. The minimum atomic E-state index is -0.492. The molecule has 7 heteroatoms. The summed E-state index contributed by atoms with van der Waals surface area (Å²) < 4.78 is 26.5. The Bertz CT molecular complexity index is 469. The van der Waals surface area contributed by atoms with Crippen molar-refractivity contribution in [2.24, 2.45) is 0 Å². The fraction of sp³-hybridized carbons (Fsp3) is 0.588. The number of ether oxygens (including phenoxy) is 4. The van der Waals surface area contributed by atoms with E-state index in [1.165, 1.54) is 12.0 Å². The second-order valence-electron chi connectivity index (χ2n) is 5.82. The molecule has 0 fully saturated rings. The normalized spacial score (nSPS) is 11.2. The Morgan fingerprint density at radius 3 is 2.17 bits per heavy atom. The van der Waals surface area contributed by atoms with Gasteiger partial charge < -0.3 is 23.1 Å². The third-order valence-corrected chi connectivity index (χ3v) is 2.87. The lowest BCUT2D eigenvalue weighted by Gasteiger charge is -2.19. The molecule has 0 N–H and O–H groups in total. The molecular formula is C17H26O6S. The minimum Gasteiger partial charge on any atom is -0.491 e. The lowest BCUT2D eigenvalue weighted by molar-refractivity contribution is -0.160. The minimum absolute atomic E-state index is 0.0679. The van der Waals surface area contributed by atoms with E-state index in [2.05, 4.69) is 0 Å². The van der Waals surface area contributed by atoms with Crippen LogP contribution in [0, 0.1) is 0 Å². The maximum Gasteiger partial charge on any atom is 0.332 e. The summed E-state index contributed by atoms with van der Waals surface area (Å²) in [4.78, 5) is 11.4. The van der Waals surface area contributed by atoms with Gasteiger partial charge in [-0.15, -0.1) is 0 Å². The van der Waals surface area contributed by atoms with E-state index < -0.39 is 5.60 Å². The lowest BCUT2D eigenvalue weighted by atomic mass is 10.2. The summed E-state index contributed by atoms with van der Waals surface area (Å²) in [6, 6.07) is 7.37. The second-order valence-corrected chi connectivity index (χ2v) is 6.32. The Labute approximate surface area is 148 Å². The van der Waals surface area contributed by atoms with Crippen LogP contribution in [0.25, 0.3) is 0 Å². The summed E-state index contributed by atoms with van der Waals surface area (Å²) in [7, 11) is 0. The molecule has 0 aromatic heterocycles. The van der Waals surface area contributed by atoms with Gasteiger partial charge in [0.2, 0.25) is 0 Å². The molecule has 1 rings (SSSR count). The average molecular weight is 358 g/mol. The molecule has 1 aromatic rings. The van der Waals surface area contributed by atoms with Crippen molar-refractivity contribution < 1.29 is 27.9 Å². The predicted octanol–water partition coefficient (Wildman–Crippen LogP) is 3.10. The summed E-state index contributed by atoms with van der Waals surface area (Å²) in [5, 5.41) is 0. The van der Waals surface area contributed by atoms with Gasteiger partial charge in [-0.3, -0.25) is 0 Å². The smallest absolute Gasteiger partial charge is 0.332 e. The van der Waals surface area contributed by atoms with E-state index in [0.29, 0.717) is 26.4 Å². The molecule has 0 atom stereocenters. The van der Waals surface area contributed by atoms with Gasteiger partial charge in [-0.2, -0.15) is 0 Å². The quantitative estimate of drug-likeness (QED) is 0.342. The first kappa shape index (κ1) is 20.6. The van der Waals surface area contributed by atoms with Crippen LogP contribution in [0.4, 0.5) is 0 Å². The predicted molar refractivity (Wildman–Crippen MR) is 93.6 cm³/mol. The molecule has 0 radical (unpaired) electrons. The SMILES string of the molecule is CSOc1ccc(OCCOCCOCC(=O)OC(C)(C)C)cc1. The molecule has 136 valence electrons. The third-order valence-electron chi connectivity index (χ3n) is 2.51. The van der Waals surface area contributed by atoms with Crippen LogP contribution in [0.5, 0.6) is 11.5 Å². The summed E-state index contributed by atoms with van der Waals surface area (Å²) in [5.41, 5.74) is -0.492. The first-order chi connectivity index (χ1) is 11.4.